The van der Waals surface area contributed by atoms with E-state index in [-0.39, 0.29) is 6.10 Å². The molecule has 2 atom stereocenters. The lowest BCUT2D eigenvalue weighted by molar-refractivity contribution is 0.0634. The normalized spacial score (nSPS) is 25.2. The fourth-order valence-corrected chi connectivity index (χ4v) is 3.16. The minimum absolute atomic E-state index is 0.389. The Morgan fingerprint density at radius 2 is 2.20 bits per heavy atom. The molecule has 1 aromatic carbocycles. The zero-order valence-electron chi connectivity index (χ0n) is 12.4. The van der Waals surface area contributed by atoms with E-state index in [2.05, 4.69) is 30.0 Å². The Hall–Kier alpha value is -1.10. The monoisotopic (exact) mass is 276 g/mol. The summed E-state index contributed by atoms with van der Waals surface area (Å²) in [7, 11) is 4.31. The van der Waals surface area contributed by atoms with Crippen LogP contribution in [0.15, 0.2) is 18.2 Å². The highest BCUT2D eigenvalue weighted by molar-refractivity contribution is 5.40. The lowest BCUT2D eigenvalue weighted by atomic mass is 9.97. The summed E-state index contributed by atoms with van der Waals surface area (Å²) in [6.45, 7) is 3.98. The van der Waals surface area contributed by atoms with Crippen LogP contribution >= 0.6 is 0 Å². The molecule has 0 saturated carbocycles. The number of aliphatic hydroxyl groups is 1. The summed E-state index contributed by atoms with van der Waals surface area (Å²) in [6, 6.07) is 6.53. The lowest BCUT2D eigenvalue weighted by Crippen LogP contribution is -2.50. The smallest absolute Gasteiger partial charge is 0.122 e. The van der Waals surface area contributed by atoms with Crippen LogP contribution in [0.25, 0.3) is 0 Å². The molecule has 2 aliphatic rings. The summed E-state index contributed by atoms with van der Waals surface area (Å²) < 4.78 is 5.52. The van der Waals surface area contributed by atoms with Crippen molar-refractivity contribution in [1.82, 2.24) is 9.80 Å². The second-order valence-electron chi connectivity index (χ2n) is 6.11. The quantitative estimate of drug-likeness (QED) is 0.902. The summed E-state index contributed by atoms with van der Waals surface area (Å²) >= 11 is 0. The maximum atomic E-state index is 10.5. The van der Waals surface area contributed by atoms with E-state index < -0.39 is 0 Å². The molecule has 110 valence electrons. The van der Waals surface area contributed by atoms with Gasteiger partial charge in [-0.25, -0.2) is 0 Å². The number of fused-ring (bicyclic) bond motifs is 1. The Morgan fingerprint density at radius 3 is 3.05 bits per heavy atom. The minimum atomic E-state index is -0.389. The van der Waals surface area contributed by atoms with E-state index in [0.29, 0.717) is 6.04 Å². The van der Waals surface area contributed by atoms with Gasteiger partial charge in [0.15, 0.2) is 0 Å². The van der Waals surface area contributed by atoms with Crippen LogP contribution in [0.4, 0.5) is 0 Å². The van der Waals surface area contributed by atoms with Crippen LogP contribution in [-0.4, -0.2) is 61.3 Å². The highest BCUT2D eigenvalue weighted by Crippen LogP contribution is 2.30. The van der Waals surface area contributed by atoms with Crippen LogP contribution in [0.5, 0.6) is 5.75 Å². The lowest BCUT2D eigenvalue weighted by Gasteiger charge is -2.38. The molecule has 2 heterocycles. The topological polar surface area (TPSA) is 35.9 Å². The first-order valence-electron chi connectivity index (χ1n) is 7.46. The highest BCUT2D eigenvalue weighted by atomic mass is 16.5. The van der Waals surface area contributed by atoms with Crippen molar-refractivity contribution in [2.24, 2.45) is 0 Å². The van der Waals surface area contributed by atoms with Gasteiger partial charge >= 0.3 is 0 Å². The van der Waals surface area contributed by atoms with Crippen molar-refractivity contribution in [2.45, 2.75) is 25.0 Å². The second kappa shape index (κ2) is 5.72. The molecule has 3 rings (SSSR count). The van der Waals surface area contributed by atoms with Crippen LogP contribution < -0.4 is 4.74 Å². The number of piperazine rings is 1. The van der Waals surface area contributed by atoms with E-state index in [4.69, 9.17) is 4.74 Å². The number of nitrogens with zero attached hydrogens (tertiary/aromatic N) is 2. The van der Waals surface area contributed by atoms with Crippen LogP contribution in [0, 0.1) is 0 Å². The predicted molar refractivity (Wildman–Crippen MR) is 79.1 cm³/mol. The van der Waals surface area contributed by atoms with Gasteiger partial charge < -0.3 is 19.6 Å². The number of ether oxygens (including phenoxy) is 1. The molecule has 0 bridgehead atoms. The van der Waals surface area contributed by atoms with Gasteiger partial charge in [-0.05, 0) is 43.8 Å². The number of hydrogen-bond acceptors (Lipinski definition) is 4. The number of benzene rings is 1. The maximum absolute atomic E-state index is 10.5. The number of aliphatic hydroxyl groups excluding tert-OH is 1. The van der Waals surface area contributed by atoms with Gasteiger partial charge in [-0.2, -0.15) is 0 Å². The molecule has 0 aliphatic carbocycles. The third-order valence-corrected chi connectivity index (χ3v) is 4.57. The highest BCUT2D eigenvalue weighted by Gasteiger charge is 2.25. The van der Waals surface area contributed by atoms with E-state index >= 15 is 0 Å². The number of rotatable bonds is 3. The molecular weight excluding hydrogens is 252 g/mol. The van der Waals surface area contributed by atoms with Crippen molar-refractivity contribution < 1.29 is 9.84 Å². The van der Waals surface area contributed by atoms with Crippen LogP contribution in [0.2, 0.25) is 0 Å². The summed E-state index contributed by atoms with van der Waals surface area (Å²) in [5.74, 6) is 0.982. The fourth-order valence-electron chi connectivity index (χ4n) is 3.16. The van der Waals surface area contributed by atoms with Crippen molar-refractivity contribution in [3.8, 4) is 5.75 Å². The molecular formula is C16H24N2O2. The number of likely N-dealkylation sites (N-methyl/N-ethyl adjacent to an activating group) is 2. The zero-order valence-corrected chi connectivity index (χ0v) is 12.4. The molecule has 1 aromatic rings. The van der Waals surface area contributed by atoms with Gasteiger partial charge in [0.25, 0.3) is 0 Å². The van der Waals surface area contributed by atoms with E-state index in [0.717, 1.165) is 50.4 Å². The molecule has 2 unspecified atom stereocenters. The molecule has 0 aromatic heterocycles. The molecule has 4 nitrogen and oxygen atoms in total. The first-order valence-corrected chi connectivity index (χ1v) is 7.46. The van der Waals surface area contributed by atoms with Crippen molar-refractivity contribution >= 4 is 0 Å². The van der Waals surface area contributed by atoms with Gasteiger partial charge in [-0.15, -0.1) is 0 Å². The minimum Gasteiger partial charge on any atom is -0.493 e. The first kappa shape index (κ1) is 13.9. The molecule has 1 fully saturated rings. The zero-order chi connectivity index (χ0) is 14.1. The molecule has 0 radical (unpaired) electrons. The maximum Gasteiger partial charge on any atom is 0.122 e. The predicted octanol–water partition coefficient (Wildman–Crippen LogP) is 1.29. The number of hydrogen-bond donors (Lipinski definition) is 1. The van der Waals surface area contributed by atoms with Crippen molar-refractivity contribution in [3.05, 3.63) is 29.3 Å². The summed E-state index contributed by atoms with van der Waals surface area (Å²) in [6.07, 6.45) is 1.36. The van der Waals surface area contributed by atoms with E-state index in [1.165, 1.54) is 5.56 Å². The summed E-state index contributed by atoms with van der Waals surface area (Å²) in [5.41, 5.74) is 2.26. The van der Waals surface area contributed by atoms with Gasteiger partial charge in [0.05, 0.1) is 12.7 Å². The van der Waals surface area contributed by atoms with Gasteiger partial charge in [0.2, 0.25) is 0 Å². The van der Waals surface area contributed by atoms with Gasteiger partial charge in [-0.3, -0.25) is 0 Å². The molecule has 0 spiro atoms. The van der Waals surface area contributed by atoms with Crippen molar-refractivity contribution in [2.75, 3.05) is 40.3 Å². The molecule has 20 heavy (non-hydrogen) atoms. The third-order valence-electron chi connectivity index (χ3n) is 4.57. The van der Waals surface area contributed by atoms with Gasteiger partial charge in [-0.1, -0.05) is 6.07 Å². The second-order valence-corrected chi connectivity index (χ2v) is 6.11. The summed E-state index contributed by atoms with van der Waals surface area (Å²) in [4.78, 5) is 4.70. The van der Waals surface area contributed by atoms with E-state index in [1.54, 1.807) is 0 Å². The average molecular weight is 276 g/mol. The third kappa shape index (κ3) is 2.82. The van der Waals surface area contributed by atoms with Gasteiger partial charge in [0, 0.05) is 32.1 Å². The van der Waals surface area contributed by atoms with Crippen LogP contribution in [-0.2, 0) is 6.42 Å². The molecule has 4 heteroatoms. The largest absolute Gasteiger partial charge is 0.493 e. The van der Waals surface area contributed by atoms with Crippen molar-refractivity contribution in [3.63, 3.8) is 0 Å². The summed E-state index contributed by atoms with van der Waals surface area (Å²) in [5, 5.41) is 10.5. The first-order chi connectivity index (χ1) is 9.63. The fraction of sp³-hybridized carbons (Fsp3) is 0.625. The Balaban J connectivity index is 1.68. The Bertz CT molecular complexity index is 478. The van der Waals surface area contributed by atoms with E-state index in [9.17, 15) is 5.11 Å². The molecule has 2 aliphatic heterocycles. The Kier molecular flexibility index (Phi) is 3.96. The van der Waals surface area contributed by atoms with Gasteiger partial charge in [0.1, 0.15) is 5.75 Å². The average Bonchev–Trinajstić information content (AvgIpc) is 2.90. The standard InChI is InChI=1S/C16H24N2O2/c1-17-6-7-18(2)14(11-17)10-15(19)12-3-4-16-13(9-12)5-8-20-16/h3-4,9,14-15,19H,5-8,10-11H2,1-2H3. The molecule has 1 N–H and O–H groups in total. The Labute approximate surface area is 120 Å². The van der Waals surface area contributed by atoms with Crippen LogP contribution in [0.1, 0.15) is 23.7 Å². The molecule has 1 saturated heterocycles. The molecule has 0 amide bonds. The SMILES string of the molecule is CN1CCN(C)C(CC(O)c2ccc3c(c2)CCO3)C1. The Morgan fingerprint density at radius 1 is 1.35 bits per heavy atom. The van der Waals surface area contributed by atoms with Crippen LogP contribution in [0.3, 0.4) is 0 Å². The van der Waals surface area contributed by atoms with Crippen molar-refractivity contribution in [1.29, 1.82) is 0 Å². The van der Waals surface area contributed by atoms with E-state index in [1.807, 2.05) is 12.1 Å².